The molecule has 1 aromatic heterocycles. The average Bonchev–Trinajstić information content (AvgIpc) is 3.30. The first-order valence-corrected chi connectivity index (χ1v) is 14.4. The summed E-state index contributed by atoms with van der Waals surface area (Å²) in [6.45, 7) is 0. The molecule has 0 radical (unpaired) electrons. The van der Waals surface area contributed by atoms with E-state index in [1.807, 2.05) is 23.5 Å². The van der Waals surface area contributed by atoms with Crippen LogP contribution >= 0.6 is 23.5 Å². The van der Waals surface area contributed by atoms with E-state index in [1.54, 1.807) is 0 Å². The van der Waals surface area contributed by atoms with E-state index in [0.29, 0.717) is 5.25 Å². The van der Waals surface area contributed by atoms with Crippen LogP contribution < -0.4 is 0 Å². The van der Waals surface area contributed by atoms with Gasteiger partial charge in [0.25, 0.3) is 0 Å². The van der Waals surface area contributed by atoms with Gasteiger partial charge < -0.3 is 0 Å². The van der Waals surface area contributed by atoms with E-state index in [-0.39, 0.29) is 0 Å². The number of aromatic nitrogens is 2. The zero-order chi connectivity index (χ0) is 22.3. The maximum absolute atomic E-state index is 5.20. The maximum atomic E-state index is 5.20. The number of hydrogen-bond donors (Lipinski definition) is 0. The first-order valence-electron chi connectivity index (χ1n) is 12.6. The summed E-state index contributed by atoms with van der Waals surface area (Å²) in [6.07, 6.45) is 15.9. The molecule has 2 aliphatic rings. The Kier molecular flexibility index (Phi) is 7.95. The standard InChI is InChI=1S/C29H34N2S2/c1-5-13-23(14-6-1)27(22-32-25-17-9-3-10-18-25)31-21-28(33-26-19-11-4-12-20-26)29(30-31)24-15-7-2-8-16-24/h1-2,5-8,13-16,21-22,25-26H,3-4,9-12,17-20H2/b27-22-. The van der Waals surface area contributed by atoms with Crippen LogP contribution in [0.4, 0.5) is 0 Å². The highest BCUT2D eigenvalue weighted by Gasteiger charge is 2.21. The largest absolute Gasteiger partial charge is 0.238 e. The topological polar surface area (TPSA) is 17.8 Å². The molecule has 2 saturated carbocycles. The summed E-state index contributed by atoms with van der Waals surface area (Å²) in [5.74, 6) is 0. The first-order chi connectivity index (χ1) is 16.4. The van der Waals surface area contributed by atoms with Crippen LogP contribution in [0, 0.1) is 0 Å². The first kappa shape index (κ1) is 22.9. The molecule has 2 aliphatic carbocycles. The van der Waals surface area contributed by atoms with Crippen molar-refractivity contribution in [3.8, 4) is 11.3 Å². The highest BCUT2D eigenvalue weighted by atomic mass is 32.2. The lowest BCUT2D eigenvalue weighted by atomic mass is 10.0. The predicted molar refractivity (Wildman–Crippen MR) is 145 cm³/mol. The van der Waals surface area contributed by atoms with Gasteiger partial charge in [-0.15, -0.1) is 23.5 Å². The van der Waals surface area contributed by atoms with Crippen LogP contribution in [0.1, 0.15) is 69.8 Å². The second kappa shape index (κ2) is 11.5. The smallest absolute Gasteiger partial charge is 0.106 e. The molecule has 2 nitrogen and oxygen atoms in total. The fourth-order valence-electron chi connectivity index (χ4n) is 4.95. The van der Waals surface area contributed by atoms with Crippen molar-refractivity contribution in [2.75, 3.05) is 0 Å². The van der Waals surface area contributed by atoms with Crippen LogP contribution in [0.5, 0.6) is 0 Å². The fraction of sp³-hybridized carbons (Fsp3) is 0.414. The Morgan fingerprint density at radius 1 is 0.758 bits per heavy atom. The molecule has 2 fully saturated rings. The van der Waals surface area contributed by atoms with E-state index in [4.69, 9.17) is 5.10 Å². The molecule has 0 N–H and O–H groups in total. The van der Waals surface area contributed by atoms with Crippen LogP contribution in [0.15, 0.2) is 77.2 Å². The maximum Gasteiger partial charge on any atom is 0.106 e. The van der Waals surface area contributed by atoms with E-state index in [2.05, 4.69) is 77.0 Å². The van der Waals surface area contributed by atoms with Crippen molar-refractivity contribution < 1.29 is 0 Å². The summed E-state index contributed by atoms with van der Waals surface area (Å²) >= 11 is 4.06. The van der Waals surface area contributed by atoms with E-state index < -0.39 is 0 Å². The summed E-state index contributed by atoms with van der Waals surface area (Å²) in [4.78, 5) is 1.32. The number of rotatable bonds is 7. The van der Waals surface area contributed by atoms with Gasteiger partial charge in [0.05, 0.1) is 10.6 Å². The van der Waals surface area contributed by atoms with Gasteiger partial charge in [-0.2, -0.15) is 5.10 Å². The molecule has 5 rings (SSSR count). The van der Waals surface area contributed by atoms with Crippen molar-refractivity contribution in [1.29, 1.82) is 0 Å². The average molecular weight is 475 g/mol. The molecule has 172 valence electrons. The summed E-state index contributed by atoms with van der Waals surface area (Å²) in [6, 6.07) is 21.5. The lowest BCUT2D eigenvalue weighted by Crippen LogP contribution is -2.07. The van der Waals surface area contributed by atoms with E-state index in [9.17, 15) is 0 Å². The Morgan fingerprint density at radius 3 is 2.03 bits per heavy atom. The monoisotopic (exact) mass is 474 g/mol. The molecule has 4 heteroatoms. The highest BCUT2D eigenvalue weighted by molar-refractivity contribution is 8.02. The number of hydrogen-bond acceptors (Lipinski definition) is 3. The molecule has 0 bridgehead atoms. The Bertz CT molecular complexity index is 1030. The molecule has 33 heavy (non-hydrogen) atoms. The summed E-state index contributed by atoms with van der Waals surface area (Å²) in [5.41, 5.74) is 4.76. The van der Waals surface area contributed by atoms with Crippen molar-refractivity contribution in [2.45, 2.75) is 79.6 Å². The predicted octanol–water partition coefficient (Wildman–Crippen LogP) is 8.89. The normalized spacial score (nSPS) is 18.5. The molecule has 0 atom stereocenters. The van der Waals surface area contributed by atoms with Gasteiger partial charge >= 0.3 is 0 Å². The zero-order valence-corrected chi connectivity index (χ0v) is 21.0. The second-order valence-electron chi connectivity index (χ2n) is 9.30. The summed E-state index contributed by atoms with van der Waals surface area (Å²) < 4.78 is 2.15. The Balaban J connectivity index is 1.51. The minimum atomic E-state index is 0.708. The third kappa shape index (κ3) is 5.96. The Morgan fingerprint density at radius 2 is 1.36 bits per heavy atom. The third-order valence-corrected chi connectivity index (χ3v) is 9.39. The van der Waals surface area contributed by atoms with Gasteiger partial charge in [0.1, 0.15) is 5.69 Å². The van der Waals surface area contributed by atoms with Gasteiger partial charge in [-0.3, -0.25) is 0 Å². The number of nitrogens with zero attached hydrogens (tertiary/aromatic N) is 2. The van der Waals surface area contributed by atoms with Gasteiger partial charge in [-0.25, -0.2) is 4.68 Å². The summed E-state index contributed by atoms with van der Waals surface area (Å²) in [7, 11) is 0. The minimum Gasteiger partial charge on any atom is -0.238 e. The molecular formula is C29H34N2S2. The van der Waals surface area contributed by atoms with Crippen LogP contribution in [0.2, 0.25) is 0 Å². The fourth-order valence-corrected chi connectivity index (χ4v) is 7.48. The van der Waals surface area contributed by atoms with Gasteiger partial charge in [0, 0.05) is 27.8 Å². The van der Waals surface area contributed by atoms with E-state index in [1.165, 1.54) is 85.9 Å². The SMILES string of the molecule is C(/SC1CCCCC1)=C(\c1ccccc1)n1cc(SC2CCCCC2)c(-c2ccccc2)n1. The zero-order valence-electron chi connectivity index (χ0n) is 19.4. The van der Waals surface area contributed by atoms with Crippen molar-refractivity contribution in [3.63, 3.8) is 0 Å². The van der Waals surface area contributed by atoms with Crippen LogP contribution in [-0.2, 0) is 0 Å². The van der Waals surface area contributed by atoms with Gasteiger partial charge in [-0.1, -0.05) is 99.2 Å². The van der Waals surface area contributed by atoms with Gasteiger partial charge in [0.15, 0.2) is 0 Å². The summed E-state index contributed by atoms with van der Waals surface area (Å²) in [5, 5.41) is 9.02. The van der Waals surface area contributed by atoms with Crippen molar-refractivity contribution in [3.05, 3.63) is 77.8 Å². The van der Waals surface area contributed by atoms with E-state index >= 15 is 0 Å². The van der Waals surface area contributed by atoms with Crippen LogP contribution in [-0.4, -0.2) is 20.3 Å². The van der Waals surface area contributed by atoms with Gasteiger partial charge in [-0.05, 0) is 31.1 Å². The number of thioether (sulfide) groups is 2. The molecule has 0 spiro atoms. The molecule has 0 unspecified atom stereocenters. The second-order valence-corrected chi connectivity index (χ2v) is 11.8. The quantitative estimate of drug-likeness (QED) is 0.340. The molecular weight excluding hydrogens is 440 g/mol. The Hall–Kier alpha value is -1.91. The van der Waals surface area contributed by atoms with Crippen LogP contribution in [0.3, 0.4) is 0 Å². The molecule has 1 heterocycles. The molecule has 2 aromatic carbocycles. The van der Waals surface area contributed by atoms with Gasteiger partial charge in [0.2, 0.25) is 0 Å². The molecule has 3 aromatic rings. The van der Waals surface area contributed by atoms with Crippen molar-refractivity contribution >= 4 is 29.2 Å². The van der Waals surface area contributed by atoms with Crippen LogP contribution in [0.25, 0.3) is 17.0 Å². The van der Waals surface area contributed by atoms with Crippen molar-refractivity contribution in [1.82, 2.24) is 9.78 Å². The highest BCUT2D eigenvalue weighted by Crippen LogP contribution is 2.40. The molecule has 0 aliphatic heterocycles. The minimum absolute atomic E-state index is 0.708. The third-order valence-electron chi connectivity index (χ3n) is 6.81. The number of benzene rings is 2. The Labute approximate surface area is 207 Å². The molecule has 0 amide bonds. The molecule has 0 saturated heterocycles. The van der Waals surface area contributed by atoms with E-state index in [0.717, 1.165) is 10.9 Å². The lowest BCUT2D eigenvalue weighted by Gasteiger charge is -2.20. The van der Waals surface area contributed by atoms with Crippen molar-refractivity contribution in [2.24, 2.45) is 0 Å². The lowest BCUT2D eigenvalue weighted by molar-refractivity contribution is 0.516.